The maximum Gasteiger partial charge on any atom is 0.269 e. The predicted molar refractivity (Wildman–Crippen MR) is 196 cm³/mol. The van der Waals surface area contributed by atoms with Crippen LogP contribution in [0, 0.1) is 5.82 Å². The van der Waals surface area contributed by atoms with Crippen molar-refractivity contribution in [3.63, 3.8) is 0 Å². The van der Waals surface area contributed by atoms with E-state index in [1.165, 1.54) is 34.1 Å². The number of methoxy groups -OCH3 is 1. The van der Waals surface area contributed by atoms with Gasteiger partial charge in [0.05, 0.1) is 49.2 Å². The van der Waals surface area contributed by atoms with Gasteiger partial charge in [-0.05, 0) is 54.8 Å². The average molecular weight is 726 g/mol. The summed E-state index contributed by atoms with van der Waals surface area (Å²) in [5.74, 6) is -0.172. The molecule has 12 nitrogen and oxygen atoms in total. The summed E-state index contributed by atoms with van der Waals surface area (Å²) >= 11 is 1.26. The van der Waals surface area contributed by atoms with Crippen LogP contribution in [0.2, 0.25) is 0 Å². The SMILES string of the molecule is COc1cc2c(Oc3ccc(NC(=O)c4cc5ncsc5n(-c5ccccc5CCO)c4=O)cc3F)ccnc2cc1OCCCN1CCOCC1. The topological polar surface area (TPSA) is 137 Å². The van der Waals surface area contributed by atoms with E-state index in [0.29, 0.717) is 57.2 Å². The van der Waals surface area contributed by atoms with Gasteiger partial charge in [-0.1, -0.05) is 18.2 Å². The van der Waals surface area contributed by atoms with Gasteiger partial charge in [-0.2, -0.15) is 0 Å². The summed E-state index contributed by atoms with van der Waals surface area (Å²) < 4.78 is 40.0. The van der Waals surface area contributed by atoms with Crippen molar-refractivity contribution >= 4 is 44.2 Å². The van der Waals surface area contributed by atoms with E-state index >= 15 is 4.39 Å². The van der Waals surface area contributed by atoms with Crippen molar-refractivity contribution in [2.45, 2.75) is 12.8 Å². The number of benzene rings is 3. The molecule has 14 heteroatoms. The standard InChI is InChI=1S/C38H36FN5O7S/c1-48-34-21-26-29(22-35(34)50-16-4-12-43-13-17-49-18-14-43)40-11-9-32(26)51-33-8-7-25(19-28(33)39)42-36(46)27-20-30-38(52-23-41-30)44(37(27)47)31-6-3-2-5-24(31)10-15-45/h2-3,5-9,11,19-23,45H,4,10,12-18H2,1H3,(H,42,46). The highest BCUT2D eigenvalue weighted by atomic mass is 32.1. The summed E-state index contributed by atoms with van der Waals surface area (Å²) in [6.07, 6.45) is 2.72. The second-order valence-electron chi connectivity index (χ2n) is 12.0. The number of ether oxygens (including phenoxy) is 4. The van der Waals surface area contributed by atoms with Gasteiger partial charge in [0.25, 0.3) is 11.5 Å². The number of aliphatic hydroxyl groups is 1. The van der Waals surface area contributed by atoms with Crippen LogP contribution in [0.15, 0.2) is 83.2 Å². The second-order valence-corrected chi connectivity index (χ2v) is 12.9. The molecule has 0 atom stereocenters. The van der Waals surface area contributed by atoms with Crippen molar-refractivity contribution in [1.82, 2.24) is 19.4 Å². The summed E-state index contributed by atoms with van der Waals surface area (Å²) in [6, 6.07) is 17.7. The number of hydrogen-bond acceptors (Lipinski definition) is 11. The zero-order chi connectivity index (χ0) is 36.0. The molecule has 0 bridgehead atoms. The van der Waals surface area contributed by atoms with Crippen LogP contribution in [0.25, 0.3) is 26.9 Å². The highest BCUT2D eigenvalue weighted by Crippen LogP contribution is 2.38. The van der Waals surface area contributed by atoms with Crippen LogP contribution < -0.4 is 25.1 Å². The number of hydrogen-bond donors (Lipinski definition) is 2. The Bertz CT molecular complexity index is 2290. The number of nitrogens with zero attached hydrogens (tertiary/aromatic N) is 4. The molecular formula is C38H36FN5O7S. The van der Waals surface area contributed by atoms with E-state index < -0.39 is 17.3 Å². The summed E-state index contributed by atoms with van der Waals surface area (Å²) in [5.41, 5.74) is 3.28. The zero-order valence-corrected chi connectivity index (χ0v) is 29.2. The number of rotatable bonds is 13. The predicted octanol–water partition coefficient (Wildman–Crippen LogP) is 5.82. The molecule has 3 aromatic carbocycles. The number of para-hydroxylation sites is 1. The normalized spacial score (nSPS) is 13.4. The Morgan fingerprint density at radius 3 is 2.65 bits per heavy atom. The number of thiazole rings is 1. The molecule has 1 aliphatic heterocycles. The Morgan fingerprint density at radius 2 is 1.85 bits per heavy atom. The molecule has 1 amide bonds. The fraction of sp³-hybridized carbons (Fsp3) is 0.263. The van der Waals surface area contributed by atoms with Crippen molar-refractivity contribution in [2.24, 2.45) is 0 Å². The molecule has 52 heavy (non-hydrogen) atoms. The molecule has 268 valence electrons. The van der Waals surface area contributed by atoms with Crippen LogP contribution in [-0.2, 0) is 11.2 Å². The first-order valence-corrected chi connectivity index (χ1v) is 17.7. The first-order chi connectivity index (χ1) is 25.4. The number of carbonyl (C=O) groups is 1. The minimum atomic E-state index is -0.736. The van der Waals surface area contributed by atoms with Gasteiger partial charge in [0.2, 0.25) is 0 Å². The van der Waals surface area contributed by atoms with E-state index in [1.807, 2.05) is 12.1 Å². The molecule has 0 unspecified atom stereocenters. The van der Waals surface area contributed by atoms with Crippen LogP contribution in [0.4, 0.5) is 10.1 Å². The number of halogens is 1. The Hall–Kier alpha value is -5.41. The lowest BCUT2D eigenvalue weighted by Crippen LogP contribution is -2.37. The Kier molecular flexibility index (Phi) is 10.7. The van der Waals surface area contributed by atoms with Crippen LogP contribution in [0.5, 0.6) is 23.0 Å². The maximum absolute atomic E-state index is 15.5. The van der Waals surface area contributed by atoms with Gasteiger partial charge in [0, 0.05) is 55.6 Å². The van der Waals surface area contributed by atoms with Crippen LogP contribution >= 0.6 is 11.3 Å². The Morgan fingerprint density at radius 1 is 1.00 bits per heavy atom. The monoisotopic (exact) mass is 725 g/mol. The number of anilines is 1. The van der Waals surface area contributed by atoms with E-state index in [1.54, 1.807) is 49.1 Å². The first kappa shape index (κ1) is 35.0. The van der Waals surface area contributed by atoms with Crippen molar-refractivity contribution in [3.8, 4) is 28.7 Å². The molecule has 1 saturated heterocycles. The third kappa shape index (κ3) is 7.46. The third-order valence-electron chi connectivity index (χ3n) is 8.73. The van der Waals surface area contributed by atoms with Crippen molar-refractivity contribution in [3.05, 3.63) is 106 Å². The number of morpholine rings is 1. The minimum Gasteiger partial charge on any atom is -0.493 e. The van der Waals surface area contributed by atoms with Crippen LogP contribution in [0.3, 0.4) is 0 Å². The van der Waals surface area contributed by atoms with Gasteiger partial charge >= 0.3 is 0 Å². The maximum atomic E-state index is 15.5. The number of carbonyl (C=O) groups excluding carboxylic acids is 1. The lowest BCUT2D eigenvalue weighted by atomic mass is 10.1. The molecule has 7 rings (SSSR count). The number of aliphatic hydroxyl groups excluding tert-OH is 1. The fourth-order valence-electron chi connectivity index (χ4n) is 6.13. The highest BCUT2D eigenvalue weighted by molar-refractivity contribution is 7.16. The van der Waals surface area contributed by atoms with E-state index in [2.05, 4.69) is 20.2 Å². The highest BCUT2D eigenvalue weighted by Gasteiger charge is 2.21. The molecule has 3 aromatic heterocycles. The molecule has 1 aliphatic rings. The van der Waals surface area contributed by atoms with Gasteiger partial charge in [0.1, 0.15) is 16.1 Å². The number of fused-ring (bicyclic) bond motifs is 2. The van der Waals surface area contributed by atoms with E-state index in [9.17, 15) is 14.7 Å². The van der Waals surface area contributed by atoms with Gasteiger partial charge < -0.3 is 29.4 Å². The first-order valence-electron chi connectivity index (χ1n) is 16.8. The summed E-state index contributed by atoms with van der Waals surface area (Å²) in [6.45, 7) is 4.63. The molecule has 6 aromatic rings. The van der Waals surface area contributed by atoms with Crippen molar-refractivity contribution in [1.29, 1.82) is 0 Å². The fourth-order valence-corrected chi connectivity index (χ4v) is 6.92. The second kappa shape index (κ2) is 15.9. The molecule has 0 saturated carbocycles. The molecule has 0 aliphatic carbocycles. The molecule has 1 fully saturated rings. The number of amides is 1. The van der Waals surface area contributed by atoms with Gasteiger partial charge in [-0.25, -0.2) is 9.37 Å². The number of nitrogens with one attached hydrogen (secondary N) is 1. The zero-order valence-electron chi connectivity index (χ0n) is 28.3. The molecule has 2 N–H and O–H groups in total. The van der Waals surface area contributed by atoms with Gasteiger partial charge in [0.15, 0.2) is 23.1 Å². The number of pyridine rings is 2. The van der Waals surface area contributed by atoms with Gasteiger partial charge in [-0.3, -0.25) is 24.0 Å². The van der Waals surface area contributed by atoms with Crippen LogP contribution in [-0.4, -0.2) is 83.6 Å². The molecule has 0 radical (unpaired) electrons. The summed E-state index contributed by atoms with van der Waals surface area (Å²) in [4.78, 5) is 39.0. The summed E-state index contributed by atoms with van der Waals surface area (Å²) in [7, 11) is 1.55. The van der Waals surface area contributed by atoms with Crippen LogP contribution in [0.1, 0.15) is 22.3 Å². The average Bonchev–Trinajstić information content (AvgIpc) is 3.63. The van der Waals surface area contributed by atoms with Gasteiger partial charge in [-0.15, -0.1) is 11.3 Å². The quantitative estimate of drug-likeness (QED) is 0.140. The van der Waals surface area contributed by atoms with E-state index in [4.69, 9.17) is 18.9 Å². The summed E-state index contributed by atoms with van der Waals surface area (Å²) in [5, 5.41) is 12.8. The smallest absolute Gasteiger partial charge is 0.269 e. The van der Waals surface area contributed by atoms with E-state index in [-0.39, 0.29) is 23.6 Å². The Labute approximate surface area is 302 Å². The minimum absolute atomic E-state index is 0.0837. The van der Waals surface area contributed by atoms with Crippen molar-refractivity contribution in [2.75, 3.05) is 58.5 Å². The molecule has 0 spiro atoms. The lowest BCUT2D eigenvalue weighted by molar-refractivity contribution is 0.0357. The molecular weight excluding hydrogens is 690 g/mol. The largest absolute Gasteiger partial charge is 0.493 e. The van der Waals surface area contributed by atoms with E-state index in [0.717, 1.165) is 50.9 Å². The third-order valence-corrected chi connectivity index (χ3v) is 9.55. The Balaban J connectivity index is 1.08. The lowest BCUT2D eigenvalue weighted by Gasteiger charge is -2.26. The molecule has 4 heterocycles. The number of aromatic nitrogens is 3. The van der Waals surface area contributed by atoms with Crippen molar-refractivity contribution < 1.29 is 33.2 Å².